The monoisotopic (exact) mass is 516 g/mol. The lowest BCUT2D eigenvalue weighted by molar-refractivity contribution is -0.147. The molecule has 1 saturated carbocycles. The lowest BCUT2D eigenvalue weighted by Gasteiger charge is -2.35. The van der Waals surface area contributed by atoms with Crippen molar-refractivity contribution in [1.29, 1.82) is 0 Å². The normalized spacial score (nSPS) is 19.7. The summed E-state index contributed by atoms with van der Waals surface area (Å²) in [4.78, 5) is 37.0. The van der Waals surface area contributed by atoms with Crippen LogP contribution < -0.4 is 10.5 Å². The van der Waals surface area contributed by atoms with E-state index in [0.717, 1.165) is 34.6 Å². The molecule has 198 valence electrons. The maximum atomic E-state index is 13.6. The van der Waals surface area contributed by atoms with Crippen molar-refractivity contribution < 1.29 is 19.1 Å². The molecule has 1 saturated heterocycles. The van der Waals surface area contributed by atoms with Crippen LogP contribution in [0.2, 0.25) is 0 Å². The van der Waals surface area contributed by atoms with Gasteiger partial charge in [-0.25, -0.2) is 9.97 Å². The first kappa shape index (κ1) is 24.4. The van der Waals surface area contributed by atoms with E-state index in [0.29, 0.717) is 35.7 Å². The van der Waals surface area contributed by atoms with Gasteiger partial charge in [0.1, 0.15) is 16.9 Å². The van der Waals surface area contributed by atoms with Gasteiger partial charge in [-0.05, 0) is 55.5 Å². The molecule has 2 unspecified atom stereocenters. The zero-order chi connectivity index (χ0) is 26.6. The molecule has 1 aromatic carbocycles. The van der Waals surface area contributed by atoms with Gasteiger partial charge in [0.05, 0.1) is 31.3 Å². The molecule has 1 aliphatic carbocycles. The van der Waals surface area contributed by atoms with Crippen molar-refractivity contribution in [2.75, 3.05) is 27.3 Å². The number of pyridine rings is 1. The molecule has 4 heterocycles. The third kappa shape index (κ3) is 4.18. The maximum absolute atomic E-state index is 13.6. The fourth-order valence-electron chi connectivity index (χ4n) is 5.66. The molecule has 2 aliphatic rings. The number of aryl methyl sites for hydroxylation is 1. The van der Waals surface area contributed by atoms with Gasteiger partial charge in [0.25, 0.3) is 5.91 Å². The second kappa shape index (κ2) is 9.43. The minimum absolute atomic E-state index is 0.214. The minimum Gasteiger partial charge on any atom is -0.494 e. The lowest BCUT2D eigenvalue weighted by Crippen LogP contribution is -2.51. The van der Waals surface area contributed by atoms with Gasteiger partial charge in [0.15, 0.2) is 5.82 Å². The standard InChI is InChI=1S/C28H32N6O4/c1-32-24-21(31-26(32)22-11-17-5-4-8-30-25(17)34(22)13-16-6-7-16)10-18(12-23(24)37-2)27(35)33-14-19(28(36)38-3)9-20(29)15-33/h4-5,8,10-12,16,19-20H,6-7,9,13-15,29H2,1-3H3. The Balaban J connectivity index is 1.42. The van der Waals surface area contributed by atoms with Crippen molar-refractivity contribution in [3.63, 3.8) is 0 Å². The van der Waals surface area contributed by atoms with Crippen molar-refractivity contribution in [2.24, 2.45) is 24.6 Å². The first-order valence-corrected chi connectivity index (χ1v) is 13.0. The van der Waals surface area contributed by atoms with Crippen LogP contribution in [0.5, 0.6) is 5.75 Å². The highest BCUT2D eigenvalue weighted by Crippen LogP contribution is 2.37. The number of ether oxygens (including phenoxy) is 2. The predicted molar refractivity (Wildman–Crippen MR) is 143 cm³/mol. The molecule has 1 amide bonds. The highest BCUT2D eigenvalue weighted by atomic mass is 16.5. The molecule has 10 nitrogen and oxygen atoms in total. The Morgan fingerprint density at radius 1 is 1.16 bits per heavy atom. The molecule has 0 radical (unpaired) electrons. The van der Waals surface area contributed by atoms with Gasteiger partial charge in [-0.1, -0.05) is 0 Å². The van der Waals surface area contributed by atoms with E-state index < -0.39 is 5.92 Å². The van der Waals surface area contributed by atoms with Crippen LogP contribution in [0.1, 0.15) is 29.6 Å². The SMILES string of the molecule is COC(=O)C1CC(N)CN(C(=O)c2cc(OC)c3c(c2)nc(-c2cc4cccnc4n2CC2CC2)n3C)C1. The summed E-state index contributed by atoms with van der Waals surface area (Å²) in [5.41, 5.74) is 10.0. The van der Waals surface area contributed by atoms with Gasteiger partial charge in [0.2, 0.25) is 0 Å². The van der Waals surface area contributed by atoms with Gasteiger partial charge in [0, 0.05) is 49.9 Å². The molecule has 1 aliphatic heterocycles. The fourth-order valence-corrected chi connectivity index (χ4v) is 5.66. The van der Waals surface area contributed by atoms with Gasteiger partial charge in [-0.3, -0.25) is 9.59 Å². The Hall–Kier alpha value is -3.92. The molecule has 0 spiro atoms. The summed E-state index contributed by atoms with van der Waals surface area (Å²) in [5, 5.41) is 1.07. The molecule has 38 heavy (non-hydrogen) atoms. The number of carbonyl (C=O) groups excluding carboxylic acids is 2. The Morgan fingerprint density at radius 3 is 2.71 bits per heavy atom. The van der Waals surface area contributed by atoms with Crippen LogP contribution in [0.25, 0.3) is 33.6 Å². The fraction of sp³-hybridized carbons (Fsp3) is 0.429. The summed E-state index contributed by atoms with van der Waals surface area (Å²) in [6, 6.07) is 9.38. The molecule has 2 atom stereocenters. The smallest absolute Gasteiger partial charge is 0.310 e. The van der Waals surface area contributed by atoms with E-state index in [1.165, 1.54) is 20.0 Å². The summed E-state index contributed by atoms with van der Waals surface area (Å²) in [7, 11) is 4.91. The molecule has 6 rings (SSSR count). The van der Waals surface area contributed by atoms with E-state index in [1.807, 2.05) is 23.9 Å². The third-order valence-electron chi connectivity index (χ3n) is 7.73. The molecule has 4 aromatic rings. The van der Waals surface area contributed by atoms with E-state index in [1.54, 1.807) is 24.1 Å². The van der Waals surface area contributed by atoms with Gasteiger partial charge < -0.3 is 29.2 Å². The average molecular weight is 517 g/mol. The highest BCUT2D eigenvalue weighted by molar-refractivity contribution is 6.00. The van der Waals surface area contributed by atoms with Crippen LogP contribution in [0.4, 0.5) is 0 Å². The van der Waals surface area contributed by atoms with Crippen LogP contribution >= 0.6 is 0 Å². The largest absolute Gasteiger partial charge is 0.494 e. The van der Waals surface area contributed by atoms with E-state index >= 15 is 0 Å². The number of carbonyl (C=O) groups is 2. The van der Waals surface area contributed by atoms with Crippen molar-refractivity contribution >= 4 is 33.9 Å². The van der Waals surface area contributed by atoms with Crippen molar-refractivity contribution in [1.82, 2.24) is 24.0 Å². The minimum atomic E-state index is -0.443. The number of benzene rings is 1. The molecule has 2 fully saturated rings. The Kier molecular flexibility index (Phi) is 6.06. The third-order valence-corrected chi connectivity index (χ3v) is 7.73. The van der Waals surface area contributed by atoms with Crippen LogP contribution in [-0.2, 0) is 23.1 Å². The van der Waals surface area contributed by atoms with Gasteiger partial charge in [-0.2, -0.15) is 0 Å². The molecule has 0 bridgehead atoms. The second-order valence-electron chi connectivity index (χ2n) is 10.5. The number of aromatic nitrogens is 4. The number of amides is 1. The Bertz CT molecular complexity index is 1550. The van der Waals surface area contributed by atoms with Crippen molar-refractivity contribution in [3.05, 3.63) is 42.1 Å². The van der Waals surface area contributed by atoms with Crippen LogP contribution in [-0.4, -0.2) is 69.2 Å². The van der Waals surface area contributed by atoms with E-state index in [4.69, 9.17) is 20.2 Å². The van der Waals surface area contributed by atoms with E-state index in [9.17, 15) is 9.59 Å². The summed E-state index contributed by atoms with van der Waals surface area (Å²) >= 11 is 0. The summed E-state index contributed by atoms with van der Waals surface area (Å²) in [6.45, 7) is 1.53. The molecule has 2 N–H and O–H groups in total. The first-order chi connectivity index (χ1) is 18.4. The van der Waals surface area contributed by atoms with Crippen LogP contribution in [0.15, 0.2) is 36.5 Å². The quantitative estimate of drug-likeness (QED) is 0.392. The summed E-state index contributed by atoms with van der Waals surface area (Å²) in [5.74, 6) is 0.990. The molecular weight excluding hydrogens is 484 g/mol. The molecule has 10 heteroatoms. The number of hydrogen-bond donors (Lipinski definition) is 1. The number of likely N-dealkylation sites (tertiary alicyclic amines) is 1. The van der Waals surface area contributed by atoms with Gasteiger partial charge >= 0.3 is 5.97 Å². The topological polar surface area (TPSA) is 118 Å². The first-order valence-electron chi connectivity index (χ1n) is 13.0. The van der Waals surface area contributed by atoms with Crippen molar-refractivity contribution in [2.45, 2.75) is 31.8 Å². The van der Waals surface area contributed by atoms with E-state index in [2.05, 4.69) is 21.7 Å². The number of imidazole rings is 1. The number of nitrogens with two attached hydrogens (primary N) is 1. The Labute approximate surface area is 220 Å². The summed E-state index contributed by atoms with van der Waals surface area (Å²) < 4.78 is 14.9. The second-order valence-corrected chi connectivity index (χ2v) is 10.5. The zero-order valence-electron chi connectivity index (χ0n) is 21.9. The number of rotatable bonds is 6. The number of nitrogens with zero attached hydrogens (tertiary/aromatic N) is 5. The number of esters is 1. The Morgan fingerprint density at radius 2 is 1.97 bits per heavy atom. The van der Waals surface area contributed by atoms with Crippen molar-refractivity contribution in [3.8, 4) is 17.3 Å². The van der Waals surface area contributed by atoms with Crippen LogP contribution in [0, 0.1) is 11.8 Å². The highest BCUT2D eigenvalue weighted by Gasteiger charge is 2.34. The number of hydrogen-bond acceptors (Lipinski definition) is 7. The van der Waals surface area contributed by atoms with E-state index in [-0.39, 0.29) is 24.5 Å². The molecule has 3 aromatic heterocycles. The number of methoxy groups -OCH3 is 2. The average Bonchev–Trinajstić information content (AvgIpc) is 3.60. The lowest BCUT2D eigenvalue weighted by atomic mass is 9.94. The molecular formula is C28H32N6O4. The number of fused-ring (bicyclic) bond motifs is 2. The number of piperidine rings is 1. The maximum Gasteiger partial charge on any atom is 0.310 e. The van der Waals surface area contributed by atoms with Crippen LogP contribution in [0.3, 0.4) is 0 Å². The zero-order valence-corrected chi connectivity index (χ0v) is 21.9. The van der Waals surface area contributed by atoms with Gasteiger partial charge in [-0.15, -0.1) is 0 Å². The predicted octanol–water partition coefficient (Wildman–Crippen LogP) is 2.97. The summed E-state index contributed by atoms with van der Waals surface area (Å²) in [6.07, 6.45) is 4.77.